The third-order valence-corrected chi connectivity index (χ3v) is 5.07. The zero-order valence-corrected chi connectivity index (χ0v) is 13.1. The smallest absolute Gasteiger partial charge is 0.416 e. The fourth-order valence-electron chi connectivity index (χ4n) is 3.45. The summed E-state index contributed by atoms with van der Waals surface area (Å²) >= 11 is 0. The Bertz CT molecular complexity index is 688. The Morgan fingerprint density at radius 3 is 2.54 bits per heavy atom. The van der Waals surface area contributed by atoms with Crippen molar-refractivity contribution in [3.05, 3.63) is 35.4 Å². The summed E-state index contributed by atoms with van der Waals surface area (Å²) in [4.78, 5) is 25.3. The average molecular weight is 341 g/mol. The number of carboxylic acids is 1. The van der Waals surface area contributed by atoms with E-state index in [1.807, 2.05) is 0 Å². The molecule has 2 fully saturated rings. The molecule has 1 aromatic carbocycles. The topological polar surface area (TPSA) is 57.6 Å². The standard InChI is InChI=1S/C17H18F3NO3/c1-16(15(23)24)6-7-21(9-16)14(22)12-8-11(12)10-4-2-3-5-13(10)17(18,19)20/h2-5,11-12H,6-9H2,1H3,(H,23,24)/t11-,12-,16-/m0/s1. The van der Waals surface area contributed by atoms with Crippen LogP contribution in [-0.2, 0) is 15.8 Å². The van der Waals surface area contributed by atoms with Gasteiger partial charge in [0.15, 0.2) is 0 Å². The fourth-order valence-corrected chi connectivity index (χ4v) is 3.45. The van der Waals surface area contributed by atoms with Crippen LogP contribution in [0.1, 0.15) is 36.8 Å². The molecule has 0 radical (unpaired) electrons. The number of carbonyl (C=O) groups excluding carboxylic acids is 1. The Hall–Kier alpha value is -2.05. The van der Waals surface area contributed by atoms with Gasteiger partial charge in [-0.15, -0.1) is 0 Å². The Morgan fingerprint density at radius 1 is 1.29 bits per heavy atom. The number of nitrogens with zero attached hydrogens (tertiary/aromatic N) is 1. The Morgan fingerprint density at radius 2 is 1.96 bits per heavy atom. The van der Waals surface area contributed by atoms with E-state index in [1.165, 1.54) is 17.0 Å². The molecule has 1 saturated heterocycles. The lowest BCUT2D eigenvalue weighted by Gasteiger charge is -2.20. The first kappa shape index (κ1) is 16.8. The average Bonchev–Trinajstić information content (AvgIpc) is 3.21. The second-order valence-corrected chi connectivity index (χ2v) is 6.91. The van der Waals surface area contributed by atoms with Crippen molar-refractivity contribution in [1.29, 1.82) is 0 Å². The first-order chi connectivity index (χ1) is 11.1. The third-order valence-electron chi connectivity index (χ3n) is 5.07. The minimum absolute atomic E-state index is 0.116. The molecule has 1 aromatic rings. The van der Waals surface area contributed by atoms with Gasteiger partial charge in [-0.1, -0.05) is 18.2 Å². The van der Waals surface area contributed by atoms with Gasteiger partial charge in [0.05, 0.1) is 11.0 Å². The van der Waals surface area contributed by atoms with Crippen LogP contribution in [0.4, 0.5) is 13.2 Å². The molecule has 0 unspecified atom stereocenters. The van der Waals surface area contributed by atoms with Crippen LogP contribution in [0.2, 0.25) is 0 Å². The van der Waals surface area contributed by atoms with E-state index in [0.717, 1.165) is 6.07 Å². The zero-order chi connectivity index (χ0) is 17.7. The van der Waals surface area contributed by atoms with E-state index in [1.54, 1.807) is 13.0 Å². The van der Waals surface area contributed by atoms with Crippen molar-refractivity contribution in [2.45, 2.75) is 31.9 Å². The molecule has 3 rings (SSSR count). The molecular formula is C17H18F3NO3. The first-order valence-corrected chi connectivity index (χ1v) is 7.82. The van der Waals surface area contributed by atoms with Gasteiger partial charge in [0, 0.05) is 19.0 Å². The summed E-state index contributed by atoms with van der Waals surface area (Å²) in [5.74, 6) is -2.11. The minimum atomic E-state index is -4.44. The Kier molecular flexibility index (Phi) is 3.85. The molecule has 2 aliphatic rings. The lowest BCUT2D eigenvalue weighted by molar-refractivity contribution is -0.147. The number of halogens is 3. The summed E-state index contributed by atoms with van der Waals surface area (Å²) in [6, 6.07) is 5.34. The number of carbonyl (C=O) groups is 2. The van der Waals surface area contributed by atoms with Crippen molar-refractivity contribution < 1.29 is 27.9 Å². The second kappa shape index (κ2) is 5.50. The predicted octanol–water partition coefficient (Wildman–Crippen LogP) is 3.13. The maximum absolute atomic E-state index is 13.1. The molecule has 24 heavy (non-hydrogen) atoms. The molecular weight excluding hydrogens is 323 g/mol. The molecule has 130 valence electrons. The number of hydrogen-bond donors (Lipinski definition) is 1. The van der Waals surface area contributed by atoms with E-state index in [9.17, 15) is 27.9 Å². The van der Waals surface area contributed by atoms with Crippen LogP contribution in [0.3, 0.4) is 0 Å². The van der Waals surface area contributed by atoms with Gasteiger partial charge in [0.25, 0.3) is 0 Å². The number of benzene rings is 1. The zero-order valence-electron chi connectivity index (χ0n) is 13.1. The van der Waals surface area contributed by atoms with Crippen LogP contribution in [-0.4, -0.2) is 35.0 Å². The second-order valence-electron chi connectivity index (χ2n) is 6.91. The highest BCUT2D eigenvalue weighted by Crippen LogP contribution is 2.52. The van der Waals surface area contributed by atoms with E-state index < -0.39 is 35.0 Å². The van der Waals surface area contributed by atoms with E-state index >= 15 is 0 Å². The van der Waals surface area contributed by atoms with E-state index in [0.29, 0.717) is 19.4 Å². The van der Waals surface area contributed by atoms with Crippen LogP contribution in [0.5, 0.6) is 0 Å². The molecule has 7 heteroatoms. The number of aliphatic carboxylic acids is 1. The predicted molar refractivity (Wildman–Crippen MR) is 79.2 cm³/mol. The lowest BCUT2D eigenvalue weighted by atomic mass is 9.90. The molecule has 4 nitrogen and oxygen atoms in total. The van der Waals surface area contributed by atoms with Crippen molar-refractivity contribution in [3.63, 3.8) is 0 Å². The van der Waals surface area contributed by atoms with E-state index in [2.05, 4.69) is 0 Å². The van der Waals surface area contributed by atoms with Gasteiger partial charge in [-0.25, -0.2) is 0 Å². The SMILES string of the molecule is C[C@]1(C(=O)O)CCN(C(=O)[C@H]2C[C@H]2c2ccccc2C(F)(F)F)C1. The van der Waals surface area contributed by atoms with E-state index in [-0.39, 0.29) is 18.0 Å². The largest absolute Gasteiger partial charge is 0.481 e. The molecule has 1 saturated carbocycles. The highest BCUT2D eigenvalue weighted by atomic mass is 19.4. The number of rotatable bonds is 3. The normalized spacial score (nSPS) is 29.6. The number of alkyl halides is 3. The van der Waals surface area contributed by atoms with Crippen molar-refractivity contribution >= 4 is 11.9 Å². The third kappa shape index (κ3) is 2.87. The summed E-state index contributed by atoms with van der Waals surface area (Å²) in [5, 5.41) is 9.22. The van der Waals surface area contributed by atoms with Crippen LogP contribution in [0.25, 0.3) is 0 Å². The summed E-state index contributed by atoms with van der Waals surface area (Å²) < 4.78 is 39.3. The molecule has 1 heterocycles. The van der Waals surface area contributed by atoms with Crippen LogP contribution >= 0.6 is 0 Å². The highest BCUT2D eigenvalue weighted by molar-refractivity contribution is 5.85. The van der Waals surface area contributed by atoms with Crippen LogP contribution < -0.4 is 0 Å². The molecule has 0 bridgehead atoms. The highest BCUT2D eigenvalue weighted by Gasteiger charge is 2.51. The van der Waals surface area contributed by atoms with Crippen molar-refractivity contribution in [2.24, 2.45) is 11.3 Å². The molecule has 3 atom stereocenters. The van der Waals surface area contributed by atoms with Crippen LogP contribution in [0, 0.1) is 11.3 Å². The monoisotopic (exact) mass is 341 g/mol. The van der Waals surface area contributed by atoms with Crippen molar-refractivity contribution in [3.8, 4) is 0 Å². The van der Waals surface area contributed by atoms with Gasteiger partial charge in [-0.3, -0.25) is 9.59 Å². The molecule has 1 amide bonds. The van der Waals surface area contributed by atoms with Gasteiger partial charge in [-0.2, -0.15) is 13.2 Å². The molecule has 1 aliphatic heterocycles. The van der Waals surface area contributed by atoms with Crippen LogP contribution in [0.15, 0.2) is 24.3 Å². The van der Waals surface area contributed by atoms with Gasteiger partial charge in [0.2, 0.25) is 5.91 Å². The molecule has 1 N–H and O–H groups in total. The summed E-state index contributed by atoms with van der Waals surface area (Å²) in [6.45, 7) is 2.04. The fraction of sp³-hybridized carbons (Fsp3) is 0.529. The maximum Gasteiger partial charge on any atom is 0.416 e. The number of hydrogen-bond acceptors (Lipinski definition) is 2. The molecule has 1 aliphatic carbocycles. The molecule has 0 aromatic heterocycles. The quantitative estimate of drug-likeness (QED) is 0.919. The summed E-state index contributed by atoms with van der Waals surface area (Å²) in [5.41, 5.74) is -1.50. The van der Waals surface area contributed by atoms with E-state index in [4.69, 9.17) is 0 Å². The van der Waals surface area contributed by atoms with Gasteiger partial charge < -0.3 is 10.0 Å². The first-order valence-electron chi connectivity index (χ1n) is 7.82. The number of amides is 1. The van der Waals surface area contributed by atoms with Gasteiger partial charge in [-0.05, 0) is 37.3 Å². The minimum Gasteiger partial charge on any atom is -0.481 e. The number of carboxylic acid groups (broad SMARTS) is 1. The molecule has 0 spiro atoms. The van der Waals surface area contributed by atoms with Gasteiger partial charge >= 0.3 is 12.1 Å². The van der Waals surface area contributed by atoms with Crippen molar-refractivity contribution in [1.82, 2.24) is 4.90 Å². The van der Waals surface area contributed by atoms with Gasteiger partial charge in [0.1, 0.15) is 0 Å². The Balaban J connectivity index is 1.73. The maximum atomic E-state index is 13.1. The van der Waals surface area contributed by atoms with Crippen molar-refractivity contribution in [2.75, 3.05) is 13.1 Å². The number of likely N-dealkylation sites (tertiary alicyclic amines) is 1. The Labute approximate surface area is 137 Å². The summed E-state index contributed by atoms with van der Waals surface area (Å²) in [7, 11) is 0. The lowest BCUT2D eigenvalue weighted by Crippen LogP contribution is -2.35. The summed E-state index contributed by atoms with van der Waals surface area (Å²) in [6.07, 6.45) is -3.70.